The van der Waals surface area contributed by atoms with Gasteiger partial charge in [0, 0.05) is 16.9 Å². The molecule has 1 heteroatoms. The number of rotatable bonds is 8. The second-order valence-electron chi connectivity index (χ2n) is 18.0. The van der Waals surface area contributed by atoms with Crippen LogP contribution < -0.4 is 4.90 Å². The third-order valence-corrected chi connectivity index (χ3v) is 14.4. The summed E-state index contributed by atoms with van der Waals surface area (Å²) < 4.78 is 0. The van der Waals surface area contributed by atoms with Crippen LogP contribution in [-0.2, 0) is 5.41 Å². The maximum absolute atomic E-state index is 2.46. The summed E-state index contributed by atoms with van der Waals surface area (Å²) in [5.41, 5.74) is 17.6. The van der Waals surface area contributed by atoms with Gasteiger partial charge in [-0.25, -0.2) is 0 Å². The number of hydrogen-bond acceptors (Lipinski definition) is 1. The molecule has 0 N–H and O–H groups in total. The molecule has 13 rings (SSSR count). The molecular weight excluding hydrogens is 819 g/mol. The highest BCUT2D eigenvalue weighted by atomic mass is 15.1. The maximum Gasteiger partial charge on any atom is 0.0714 e. The van der Waals surface area contributed by atoms with Crippen molar-refractivity contribution in [3.05, 3.63) is 295 Å². The zero-order valence-electron chi connectivity index (χ0n) is 37.4. The monoisotopic (exact) mass is 863 g/mol. The Morgan fingerprint density at radius 2 is 0.721 bits per heavy atom. The third kappa shape index (κ3) is 6.32. The van der Waals surface area contributed by atoms with Crippen molar-refractivity contribution in [1.82, 2.24) is 0 Å². The molecule has 68 heavy (non-hydrogen) atoms. The fraction of sp³-hybridized carbons (Fsp3) is 0.0149. The number of fused-ring (bicyclic) bond motifs is 7. The zero-order chi connectivity index (χ0) is 45.0. The fourth-order valence-electron chi connectivity index (χ4n) is 11.3. The molecule has 318 valence electrons. The Balaban J connectivity index is 0.955. The van der Waals surface area contributed by atoms with Crippen LogP contribution in [0, 0.1) is 0 Å². The smallest absolute Gasteiger partial charge is 0.0714 e. The number of nitrogens with zero attached hydrogens (tertiary/aromatic N) is 1. The van der Waals surface area contributed by atoms with Crippen LogP contribution in [0.4, 0.5) is 17.1 Å². The summed E-state index contributed by atoms with van der Waals surface area (Å²) in [5.74, 6) is 0. The summed E-state index contributed by atoms with van der Waals surface area (Å²) in [7, 11) is 0. The number of hydrogen-bond donors (Lipinski definition) is 0. The van der Waals surface area contributed by atoms with Crippen molar-refractivity contribution < 1.29 is 0 Å². The Kier molecular flexibility index (Phi) is 9.47. The summed E-state index contributed by atoms with van der Waals surface area (Å²) >= 11 is 0. The molecule has 0 bridgehead atoms. The largest absolute Gasteiger partial charge is 0.310 e. The minimum atomic E-state index is -0.510. The van der Waals surface area contributed by atoms with E-state index < -0.39 is 5.41 Å². The van der Waals surface area contributed by atoms with E-state index in [0.717, 1.165) is 17.1 Å². The van der Waals surface area contributed by atoms with E-state index in [0.29, 0.717) is 0 Å². The fourth-order valence-corrected chi connectivity index (χ4v) is 11.3. The molecule has 0 aliphatic heterocycles. The zero-order valence-corrected chi connectivity index (χ0v) is 37.4. The van der Waals surface area contributed by atoms with Gasteiger partial charge in [0.2, 0.25) is 0 Å². The van der Waals surface area contributed by atoms with E-state index in [-0.39, 0.29) is 0 Å². The molecule has 0 heterocycles. The van der Waals surface area contributed by atoms with Gasteiger partial charge in [0.05, 0.1) is 11.1 Å². The lowest BCUT2D eigenvalue weighted by Crippen LogP contribution is -2.28. The van der Waals surface area contributed by atoms with Gasteiger partial charge in [-0.2, -0.15) is 0 Å². The molecule has 0 radical (unpaired) electrons. The minimum absolute atomic E-state index is 0.510. The molecule has 0 spiro atoms. The molecule has 0 atom stereocenters. The first-order valence-electron chi connectivity index (χ1n) is 23.6. The Labute approximate surface area is 397 Å². The van der Waals surface area contributed by atoms with Crippen molar-refractivity contribution >= 4 is 49.4 Å². The first-order chi connectivity index (χ1) is 33.7. The highest BCUT2D eigenvalue weighted by molar-refractivity contribution is 6.14. The second-order valence-corrected chi connectivity index (χ2v) is 18.0. The van der Waals surface area contributed by atoms with Gasteiger partial charge in [0.15, 0.2) is 0 Å². The highest BCUT2D eigenvalue weighted by Gasteiger charge is 2.47. The summed E-state index contributed by atoms with van der Waals surface area (Å²) in [5, 5.41) is 7.59. The molecule has 0 amide bonds. The molecule has 0 aromatic heterocycles. The normalized spacial score (nSPS) is 12.5. The molecule has 0 fully saturated rings. The molecule has 12 aromatic carbocycles. The quantitative estimate of drug-likeness (QED) is 0.138. The van der Waals surface area contributed by atoms with Crippen LogP contribution >= 0.6 is 0 Å². The van der Waals surface area contributed by atoms with Crippen molar-refractivity contribution in [2.45, 2.75) is 5.41 Å². The van der Waals surface area contributed by atoms with Gasteiger partial charge in [-0.3, -0.25) is 0 Å². The van der Waals surface area contributed by atoms with Gasteiger partial charge >= 0.3 is 0 Å². The van der Waals surface area contributed by atoms with Gasteiger partial charge < -0.3 is 4.90 Å². The van der Waals surface area contributed by atoms with Gasteiger partial charge in [-0.05, 0) is 130 Å². The summed E-state index contributed by atoms with van der Waals surface area (Å²) in [6.07, 6.45) is 0. The van der Waals surface area contributed by atoms with Crippen LogP contribution in [0.15, 0.2) is 273 Å². The van der Waals surface area contributed by atoms with Crippen LogP contribution in [0.2, 0.25) is 0 Å². The number of benzene rings is 12. The van der Waals surface area contributed by atoms with E-state index >= 15 is 0 Å². The lowest BCUT2D eigenvalue weighted by atomic mass is 9.68. The van der Waals surface area contributed by atoms with Crippen LogP contribution in [-0.4, -0.2) is 0 Å². The maximum atomic E-state index is 2.46. The van der Waals surface area contributed by atoms with E-state index in [1.807, 2.05) is 0 Å². The van der Waals surface area contributed by atoms with Crippen LogP contribution in [0.3, 0.4) is 0 Å². The van der Waals surface area contributed by atoms with E-state index in [1.54, 1.807) is 0 Å². The Morgan fingerprint density at radius 1 is 0.265 bits per heavy atom. The van der Waals surface area contributed by atoms with Crippen LogP contribution in [0.5, 0.6) is 0 Å². The molecule has 1 nitrogen and oxygen atoms in total. The Bertz CT molecular complexity index is 3770. The van der Waals surface area contributed by atoms with E-state index in [9.17, 15) is 0 Å². The summed E-state index contributed by atoms with van der Waals surface area (Å²) in [6, 6.07) is 101. The first kappa shape index (κ1) is 39.6. The van der Waals surface area contributed by atoms with E-state index in [4.69, 9.17) is 0 Å². The van der Waals surface area contributed by atoms with E-state index in [1.165, 1.54) is 99.1 Å². The van der Waals surface area contributed by atoms with Gasteiger partial charge in [0.25, 0.3) is 0 Å². The topological polar surface area (TPSA) is 3.24 Å². The lowest BCUT2D eigenvalue weighted by molar-refractivity contribution is 0.768. The lowest BCUT2D eigenvalue weighted by Gasteiger charge is -2.34. The molecular formula is C67H45N. The average Bonchev–Trinajstić information content (AvgIpc) is 3.73. The van der Waals surface area contributed by atoms with Crippen LogP contribution in [0.1, 0.15) is 22.3 Å². The predicted molar refractivity (Wildman–Crippen MR) is 287 cm³/mol. The molecule has 1 aliphatic rings. The molecule has 12 aromatic rings. The first-order valence-corrected chi connectivity index (χ1v) is 23.6. The van der Waals surface area contributed by atoms with Crippen LogP contribution in [0.25, 0.3) is 76.8 Å². The highest BCUT2D eigenvalue weighted by Crippen LogP contribution is 2.59. The van der Waals surface area contributed by atoms with Crippen molar-refractivity contribution in [2.24, 2.45) is 0 Å². The Morgan fingerprint density at radius 3 is 1.41 bits per heavy atom. The minimum Gasteiger partial charge on any atom is -0.310 e. The molecule has 0 saturated carbocycles. The van der Waals surface area contributed by atoms with Gasteiger partial charge in [0.1, 0.15) is 0 Å². The number of anilines is 3. The molecule has 0 saturated heterocycles. The van der Waals surface area contributed by atoms with Gasteiger partial charge in [-0.15, -0.1) is 0 Å². The van der Waals surface area contributed by atoms with E-state index in [2.05, 4.69) is 278 Å². The SMILES string of the molecule is c1ccc(C2(c3ccccc3)c3ccccc3-c3c(N(c4ccc(-c5ccc(-c6cc7ccccc7c7ccccc67)cc5)cc4)c4ccc(-c5cccc6ccccc56)cc4)cccc32)cc1. The van der Waals surface area contributed by atoms with Gasteiger partial charge in [-0.1, -0.05) is 237 Å². The summed E-state index contributed by atoms with van der Waals surface area (Å²) in [6.45, 7) is 0. The molecule has 1 aliphatic carbocycles. The average molecular weight is 864 g/mol. The van der Waals surface area contributed by atoms with Crippen molar-refractivity contribution in [1.29, 1.82) is 0 Å². The third-order valence-electron chi connectivity index (χ3n) is 14.4. The van der Waals surface area contributed by atoms with Crippen molar-refractivity contribution in [3.63, 3.8) is 0 Å². The summed E-state index contributed by atoms with van der Waals surface area (Å²) in [4.78, 5) is 2.46. The second kappa shape index (κ2) is 16.3. The Hall–Kier alpha value is -8.78. The molecule has 0 unspecified atom stereocenters. The standard InChI is InChI=1S/C67H45N/c1-3-20-52(21-4-1)67(53-22-5-2-6-23-53)63-30-14-13-28-61(63)66-64(67)31-16-32-65(66)68(55-43-39-49(40-44-55)57-29-15-19-48-17-7-9-24-56(48)57)54-41-37-47(38-42-54)46-33-35-50(36-34-46)62-45-51-18-8-10-25-58(51)59-26-11-12-27-60(59)62/h1-45H. The van der Waals surface area contributed by atoms with Crippen molar-refractivity contribution in [2.75, 3.05) is 4.90 Å². The predicted octanol–water partition coefficient (Wildman–Crippen LogP) is 18.0. The van der Waals surface area contributed by atoms with Crippen molar-refractivity contribution in [3.8, 4) is 44.5 Å².